The van der Waals surface area contributed by atoms with Gasteiger partial charge in [0.1, 0.15) is 0 Å². The summed E-state index contributed by atoms with van der Waals surface area (Å²) in [6, 6.07) is 1.22. The molecule has 2 heteroatoms. The molecule has 96 valence electrons. The molecule has 0 fully saturated rings. The van der Waals surface area contributed by atoms with Crippen LogP contribution in [-0.2, 0) is 0 Å². The third-order valence-corrected chi connectivity index (χ3v) is 3.04. The number of hydrogen-bond donors (Lipinski definition) is 1. The first-order valence-electron chi connectivity index (χ1n) is 6.63. The van der Waals surface area contributed by atoms with Gasteiger partial charge in [-0.25, -0.2) is 0 Å². The normalized spacial score (nSPS) is 15.6. The Morgan fingerprint density at radius 2 is 1.82 bits per heavy atom. The number of nitrogens with zero attached hydrogens (tertiary/aromatic N) is 1. The van der Waals surface area contributed by atoms with Crippen molar-refractivity contribution >= 4 is 0 Å². The lowest BCUT2D eigenvalue weighted by atomic mass is 10.2. The summed E-state index contributed by atoms with van der Waals surface area (Å²) >= 11 is 0. The first-order valence-corrected chi connectivity index (χ1v) is 6.63. The van der Waals surface area contributed by atoms with E-state index in [1.54, 1.807) is 0 Å². The minimum Gasteiger partial charge on any atom is -0.387 e. The minimum absolute atomic E-state index is 0.611. The molecular weight excluding hydrogens is 208 g/mol. The second-order valence-electron chi connectivity index (χ2n) is 5.06. The second kappa shape index (κ2) is 7.33. The second-order valence-corrected chi connectivity index (χ2v) is 5.06. The first-order chi connectivity index (χ1) is 8.11. The molecule has 1 N–H and O–H groups in total. The van der Waals surface area contributed by atoms with Gasteiger partial charge in [-0.3, -0.25) is 4.90 Å². The molecular formula is C15H26N2. The van der Waals surface area contributed by atoms with E-state index in [9.17, 15) is 0 Å². The zero-order valence-electron chi connectivity index (χ0n) is 11.6. The first kappa shape index (κ1) is 14.0. The van der Waals surface area contributed by atoms with Crippen LogP contribution < -0.4 is 5.32 Å². The highest BCUT2D eigenvalue weighted by molar-refractivity contribution is 5.22. The van der Waals surface area contributed by atoms with Crippen LogP contribution in [0.5, 0.6) is 0 Å². The van der Waals surface area contributed by atoms with Gasteiger partial charge >= 0.3 is 0 Å². The van der Waals surface area contributed by atoms with Gasteiger partial charge in [-0.15, -0.1) is 0 Å². The zero-order chi connectivity index (χ0) is 12.7. The van der Waals surface area contributed by atoms with E-state index in [1.165, 1.54) is 5.70 Å². The van der Waals surface area contributed by atoms with E-state index in [-0.39, 0.29) is 0 Å². The van der Waals surface area contributed by atoms with Crippen LogP contribution in [0.2, 0.25) is 0 Å². The number of hydrogen-bond acceptors (Lipinski definition) is 2. The van der Waals surface area contributed by atoms with Crippen LogP contribution in [0, 0.1) is 0 Å². The summed E-state index contributed by atoms with van der Waals surface area (Å²) in [5, 5.41) is 3.52. The van der Waals surface area contributed by atoms with E-state index < -0.39 is 0 Å². The largest absolute Gasteiger partial charge is 0.387 e. The molecule has 0 heterocycles. The molecule has 1 aliphatic rings. The molecule has 0 radical (unpaired) electrons. The van der Waals surface area contributed by atoms with Crippen LogP contribution in [0.25, 0.3) is 0 Å². The zero-order valence-corrected chi connectivity index (χ0v) is 11.6. The minimum atomic E-state index is 0.611. The summed E-state index contributed by atoms with van der Waals surface area (Å²) in [4.78, 5) is 2.51. The van der Waals surface area contributed by atoms with Crippen LogP contribution in [0.1, 0.15) is 34.1 Å². The van der Waals surface area contributed by atoms with Gasteiger partial charge < -0.3 is 5.32 Å². The molecule has 0 atom stereocenters. The Hall–Kier alpha value is -1.02. The average molecular weight is 234 g/mol. The molecule has 0 saturated heterocycles. The van der Waals surface area contributed by atoms with Crippen molar-refractivity contribution in [3.8, 4) is 0 Å². The number of rotatable bonds is 6. The van der Waals surface area contributed by atoms with E-state index >= 15 is 0 Å². The molecule has 2 nitrogen and oxygen atoms in total. The number of nitrogens with one attached hydrogen (secondary N) is 1. The van der Waals surface area contributed by atoms with E-state index in [0.29, 0.717) is 12.1 Å². The Morgan fingerprint density at radius 1 is 1.12 bits per heavy atom. The summed E-state index contributed by atoms with van der Waals surface area (Å²) in [5.74, 6) is 0. The lowest BCUT2D eigenvalue weighted by molar-refractivity contribution is 0.177. The highest BCUT2D eigenvalue weighted by atomic mass is 15.2. The molecule has 0 unspecified atom stereocenters. The van der Waals surface area contributed by atoms with Gasteiger partial charge in [-0.1, -0.05) is 24.3 Å². The monoisotopic (exact) mass is 234 g/mol. The Kier molecular flexibility index (Phi) is 6.06. The van der Waals surface area contributed by atoms with Gasteiger partial charge in [0.05, 0.1) is 0 Å². The van der Waals surface area contributed by atoms with Crippen molar-refractivity contribution < 1.29 is 0 Å². The Balaban J connectivity index is 2.33. The fourth-order valence-electron chi connectivity index (χ4n) is 2.17. The summed E-state index contributed by atoms with van der Waals surface area (Å²) in [5.41, 5.74) is 1.31. The molecule has 0 aromatic carbocycles. The summed E-state index contributed by atoms with van der Waals surface area (Å²) in [6.45, 7) is 11.2. The Morgan fingerprint density at radius 3 is 2.47 bits per heavy atom. The molecule has 0 aromatic rings. The Labute approximate surface area is 106 Å². The summed E-state index contributed by atoms with van der Waals surface area (Å²) in [7, 11) is 0. The maximum absolute atomic E-state index is 3.52. The Bertz CT molecular complexity index is 290. The SMILES string of the molecule is CC(C)N(CCNC1=CC=CC=CC1)C(C)C. The van der Waals surface area contributed by atoms with Gasteiger partial charge in [0.25, 0.3) is 0 Å². The fourth-order valence-corrected chi connectivity index (χ4v) is 2.17. The molecule has 0 bridgehead atoms. The fraction of sp³-hybridized carbons (Fsp3) is 0.600. The smallest absolute Gasteiger partial charge is 0.0272 e. The van der Waals surface area contributed by atoms with E-state index in [1.807, 2.05) is 0 Å². The maximum atomic E-state index is 3.52. The van der Waals surface area contributed by atoms with E-state index in [0.717, 1.165) is 19.5 Å². The van der Waals surface area contributed by atoms with Crippen LogP contribution in [0.15, 0.2) is 36.1 Å². The lowest BCUT2D eigenvalue weighted by Gasteiger charge is -2.30. The highest BCUT2D eigenvalue weighted by Crippen LogP contribution is 2.06. The van der Waals surface area contributed by atoms with Gasteiger partial charge in [0.2, 0.25) is 0 Å². The molecule has 0 saturated carbocycles. The van der Waals surface area contributed by atoms with Crippen molar-refractivity contribution in [3.63, 3.8) is 0 Å². The lowest BCUT2D eigenvalue weighted by Crippen LogP contribution is -2.41. The van der Waals surface area contributed by atoms with Crippen molar-refractivity contribution in [1.82, 2.24) is 10.2 Å². The van der Waals surface area contributed by atoms with E-state index in [2.05, 4.69) is 68.3 Å². The van der Waals surface area contributed by atoms with Gasteiger partial charge in [-0.05, 0) is 33.8 Å². The predicted octanol–water partition coefficient (Wildman–Crippen LogP) is 3.09. The standard InChI is InChI=1S/C15H26N2/c1-13(2)17(14(3)4)12-11-16-15-9-7-5-6-8-10-15/h5-9,13-14,16H,10-12H2,1-4H3. The third-order valence-electron chi connectivity index (χ3n) is 3.04. The average Bonchev–Trinajstić information content (AvgIpc) is 2.51. The maximum Gasteiger partial charge on any atom is 0.0272 e. The molecule has 17 heavy (non-hydrogen) atoms. The van der Waals surface area contributed by atoms with Gasteiger partial charge in [-0.2, -0.15) is 0 Å². The van der Waals surface area contributed by atoms with Gasteiger partial charge in [0.15, 0.2) is 0 Å². The highest BCUT2D eigenvalue weighted by Gasteiger charge is 2.12. The predicted molar refractivity (Wildman–Crippen MR) is 76.0 cm³/mol. The van der Waals surface area contributed by atoms with Crippen molar-refractivity contribution in [2.24, 2.45) is 0 Å². The molecule has 1 rings (SSSR count). The van der Waals surface area contributed by atoms with Gasteiger partial charge in [0, 0.05) is 37.3 Å². The molecule has 0 aromatic heterocycles. The molecule has 0 spiro atoms. The van der Waals surface area contributed by atoms with Crippen molar-refractivity contribution in [2.75, 3.05) is 13.1 Å². The number of allylic oxidation sites excluding steroid dienone is 5. The summed E-state index contributed by atoms with van der Waals surface area (Å²) in [6.07, 6.45) is 11.6. The van der Waals surface area contributed by atoms with Crippen molar-refractivity contribution in [3.05, 3.63) is 36.1 Å². The molecule has 0 aliphatic heterocycles. The van der Waals surface area contributed by atoms with Crippen molar-refractivity contribution in [1.29, 1.82) is 0 Å². The third kappa shape index (κ3) is 5.22. The topological polar surface area (TPSA) is 15.3 Å². The van der Waals surface area contributed by atoms with Crippen LogP contribution in [0.4, 0.5) is 0 Å². The van der Waals surface area contributed by atoms with Crippen LogP contribution in [0.3, 0.4) is 0 Å². The molecule has 0 amide bonds. The molecule has 1 aliphatic carbocycles. The summed E-state index contributed by atoms with van der Waals surface area (Å²) < 4.78 is 0. The van der Waals surface area contributed by atoms with Crippen molar-refractivity contribution in [2.45, 2.75) is 46.2 Å². The van der Waals surface area contributed by atoms with Crippen LogP contribution >= 0.6 is 0 Å². The van der Waals surface area contributed by atoms with Crippen LogP contribution in [-0.4, -0.2) is 30.1 Å². The van der Waals surface area contributed by atoms with E-state index in [4.69, 9.17) is 0 Å². The quantitative estimate of drug-likeness (QED) is 0.759.